The van der Waals surface area contributed by atoms with Crippen LogP contribution in [0, 0.1) is 13.8 Å². The minimum atomic E-state index is 0.0262. The van der Waals surface area contributed by atoms with Gasteiger partial charge in [-0.05, 0) is 43.2 Å². The van der Waals surface area contributed by atoms with Crippen LogP contribution in [0.15, 0.2) is 30.3 Å². The van der Waals surface area contributed by atoms with Gasteiger partial charge < -0.3 is 19.5 Å². The molecule has 0 bridgehead atoms. The van der Waals surface area contributed by atoms with Crippen LogP contribution in [-0.4, -0.2) is 69.8 Å². The Morgan fingerprint density at radius 1 is 0.871 bits per heavy atom. The summed E-state index contributed by atoms with van der Waals surface area (Å²) < 4.78 is 16.5. The largest absolute Gasteiger partial charge is 0.493 e. The predicted molar refractivity (Wildman–Crippen MR) is 122 cm³/mol. The molecule has 0 spiro atoms. The molecule has 2 aromatic rings. The second kappa shape index (κ2) is 10.5. The molecule has 3 rings (SSSR count). The normalized spacial score (nSPS) is 14.9. The minimum Gasteiger partial charge on any atom is -0.493 e. The van der Waals surface area contributed by atoms with E-state index in [2.05, 4.69) is 29.0 Å². The molecule has 1 heterocycles. The highest BCUT2D eigenvalue weighted by atomic mass is 16.5. The van der Waals surface area contributed by atoms with Gasteiger partial charge in [0.1, 0.15) is 0 Å². The van der Waals surface area contributed by atoms with Crippen molar-refractivity contribution in [3.8, 4) is 17.2 Å². The zero-order chi connectivity index (χ0) is 22.4. The van der Waals surface area contributed by atoms with Crippen LogP contribution in [0.4, 0.5) is 5.69 Å². The van der Waals surface area contributed by atoms with E-state index < -0.39 is 0 Å². The molecule has 31 heavy (non-hydrogen) atoms. The van der Waals surface area contributed by atoms with E-state index in [1.54, 1.807) is 21.3 Å². The molecule has 7 heteroatoms. The average Bonchev–Trinajstić information content (AvgIpc) is 2.77. The lowest BCUT2D eigenvalue weighted by molar-refractivity contribution is -0.117. The summed E-state index contributed by atoms with van der Waals surface area (Å²) in [6, 6.07) is 9.93. The molecule has 0 atom stereocenters. The molecule has 168 valence electrons. The Morgan fingerprint density at radius 3 is 2.16 bits per heavy atom. The molecule has 0 unspecified atom stereocenters. The number of nitrogens with one attached hydrogen (secondary N) is 1. The maximum absolute atomic E-state index is 12.5. The Bertz CT molecular complexity index is 908. The van der Waals surface area contributed by atoms with Gasteiger partial charge in [-0.25, -0.2) is 0 Å². The van der Waals surface area contributed by atoms with Gasteiger partial charge in [0, 0.05) is 44.0 Å². The number of benzene rings is 2. The average molecular weight is 428 g/mol. The highest BCUT2D eigenvalue weighted by molar-refractivity contribution is 5.92. The first kappa shape index (κ1) is 22.9. The number of hydrogen-bond donors (Lipinski definition) is 1. The van der Waals surface area contributed by atoms with E-state index in [4.69, 9.17) is 14.2 Å². The first-order valence-corrected chi connectivity index (χ1v) is 10.5. The molecule has 1 aliphatic heterocycles. The number of rotatable bonds is 8. The number of carbonyl (C=O) groups excluding carboxylic acids is 1. The fourth-order valence-corrected chi connectivity index (χ4v) is 3.86. The molecular weight excluding hydrogens is 394 g/mol. The number of aryl methyl sites for hydroxylation is 2. The van der Waals surface area contributed by atoms with E-state index in [0.717, 1.165) is 44.0 Å². The lowest BCUT2D eigenvalue weighted by Crippen LogP contribution is -2.48. The van der Waals surface area contributed by atoms with E-state index in [1.807, 2.05) is 30.3 Å². The highest BCUT2D eigenvalue weighted by Gasteiger charge is 2.22. The van der Waals surface area contributed by atoms with Crippen LogP contribution in [0.5, 0.6) is 17.2 Å². The van der Waals surface area contributed by atoms with Gasteiger partial charge in [-0.2, -0.15) is 0 Å². The number of ether oxygens (including phenoxy) is 3. The molecule has 0 aliphatic carbocycles. The fraction of sp³-hybridized carbons (Fsp3) is 0.458. The van der Waals surface area contributed by atoms with Crippen molar-refractivity contribution < 1.29 is 19.0 Å². The van der Waals surface area contributed by atoms with Crippen molar-refractivity contribution in [2.75, 3.05) is 59.4 Å². The number of amides is 1. The second-order valence-corrected chi connectivity index (χ2v) is 7.89. The van der Waals surface area contributed by atoms with Gasteiger partial charge in [-0.3, -0.25) is 14.6 Å². The number of hydrogen-bond acceptors (Lipinski definition) is 6. The van der Waals surface area contributed by atoms with E-state index >= 15 is 0 Å². The molecule has 0 saturated carbocycles. The van der Waals surface area contributed by atoms with Gasteiger partial charge in [0.2, 0.25) is 11.7 Å². The molecule has 1 N–H and O–H groups in total. The van der Waals surface area contributed by atoms with Crippen molar-refractivity contribution in [1.82, 2.24) is 9.80 Å². The maximum atomic E-state index is 12.5. The molecular formula is C24H33N3O4. The summed E-state index contributed by atoms with van der Waals surface area (Å²) in [5.74, 6) is 2.00. The summed E-state index contributed by atoms with van der Waals surface area (Å²) in [5, 5.41) is 3.01. The first-order chi connectivity index (χ1) is 14.9. The van der Waals surface area contributed by atoms with Crippen LogP contribution >= 0.6 is 0 Å². The number of anilines is 1. The van der Waals surface area contributed by atoms with Crippen molar-refractivity contribution in [3.63, 3.8) is 0 Å². The van der Waals surface area contributed by atoms with E-state index in [9.17, 15) is 4.79 Å². The van der Waals surface area contributed by atoms with Crippen LogP contribution in [-0.2, 0) is 11.3 Å². The molecule has 1 fully saturated rings. The molecule has 1 aliphatic rings. The van der Waals surface area contributed by atoms with Crippen molar-refractivity contribution >= 4 is 11.6 Å². The van der Waals surface area contributed by atoms with Gasteiger partial charge in [0.25, 0.3) is 0 Å². The molecule has 2 aromatic carbocycles. The highest BCUT2D eigenvalue weighted by Crippen LogP contribution is 2.40. The van der Waals surface area contributed by atoms with Gasteiger partial charge in [-0.15, -0.1) is 0 Å². The second-order valence-electron chi connectivity index (χ2n) is 7.89. The summed E-state index contributed by atoms with van der Waals surface area (Å²) in [4.78, 5) is 17.0. The van der Waals surface area contributed by atoms with Gasteiger partial charge in [0.05, 0.1) is 27.9 Å². The fourth-order valence-electron chi connectivity index (χ4n) is 3.86. The van der Waals surface area contributed by atoms with Gasteiger partial charge >= 0.3 is 0 Å². The van der Waals surface area contributed by atoms with Crippen LogP contribution < -0.4 is 19.5 Å². The smallest absolute Gasteiger partial charge is 0.238 e. The Labute approximate surface area is 184 Å². The minimum absolute atomic E-state index is 0.0262. The van der Waals surface area contributed by atoms with Crippen LogP contribution in [0.1, 0.15) is 16.7 Å². The summed E-state index contributed by atoms with van der Waals surface area (Å²) in [5.41, 5.74) is 4.31. The van der Waals surface area contributed by atoms with Crippen LogP contribution in [0.2, 0.25) is 0 Å². The maximum Gasteiger partial charge on any atom is 0.238 e. The van der Waals surface area contributed by atoms with E-state index in [0.29, 0.717) is 23.8 Å². The third-order valence-corrected chi connectivity index (χ3v) is 5.80. The predicted octanol–water partition coefficient (Wildman–Crippen LogP) is 3.09. The molecule has 1 amide bonds. The summed E-state index contributed by atoms with van der Waals surface area (Å²) in [7, 11) is 4.88. The Kier molecular flexibility index (Phi) is 7.76. The Morgan fingerprint density at radius 2 is 1.55 bits per heavy atom. The summed E-state index contributed by atoms with van der Waals surface area (Å²) in [6.45, 7) is 8.73. The first-order valence-electron chi connectivity index (χ1n) is 10.5. The quantitative estimate of drug-likeness (QED) is 0.699. The number of piperazine rings is 1. The topological polar surface area (TPSA) is 63.3 Å². The summed E-state index contributed by atoms with van der Waals surface area (Å²) in [6.07, 6.45) is 0. The van der Waals surface area contributed by atoms with Gasteiger partial charge in [0.15, 0.2) is 11.5 Å². The zero-order valence-corrected chi connectivity index (χ0v) is 19.2. The molecule has 7 nitrogen and oxygen atoms in total. The van der Waals surface area contributed by atoms with Gasteiger partial charge in [-0.1, -0.05) is 12.1 Å². The number of nitrogens with zero attached hydrogens (tertiary/aromatic N) is 2. The third kappa shape index (κ3) is 5.68. The SMILES string of the molecule is COc1ccc(CN2CCN(CC(=O)Nc3ccc(C)c(C)c3)CC2)c(OC)c1OC. The molecule has 1 saturated heterocycles. The van der Waals surface area contributed by atoms with Crippen molar-refractivity contribution in [2.45, 2.75) is 20.4 Å². The van der Waals surface area contributed by atoms with Crippen molar-refractivity contribution in [2.24, 2.45) is 0 Å². The van der Waals surface area contributed by atoms with Crippen molar-refractivity contribution in [1.29, 1.82) is 0 Å². The third-order valence-electron chi connectivity index (χ3n) is 5.80. The monoisotopic (exact) mass is 427 g/mol. The number of carbonyl (C=O) groups is 1. The summed E-state index contributed by atoms with van der Waals surface area (Å²) >= 11 is 0. The number of methoxy groups -OCH3 is 3. The van der Waals surface area contributed by atoms with Crippen LogP contribution in [0.3, 0.4) is 0 Å². The van der Waals surface area contributed by atoms with Crippen LogP contribution in [0.25, 0.3) is 0 Å². The standard InChI is InChI=1S/C24H33N3O4/c1-17-6-8-20(14-18(17)2)25-22(28)16-27-12-10-26(11-13-27)15-19-7-9-21(29-3)24(31-5)23(19)30-4/h6-9,14H,10-13,15-16H2,1-5H3,(H,25,28). The molecule has 0 radical (unpaired) electrons. The Balaban J connectivity index is 1.53. The van der Waals surface area contributed by atoms with E-state index in [1.165, 1.54) is 11.1 Å². The Hall–Kier alpha value is -2.77. The zero-order valence-electron chi connectivity index (χ0n) is 19.2. The lowest BCUT2D eigenvalue weighted by atomic mass is 10.1. The molecule has 0 aromatic heterocycles. The van der Waals surface area contributed by atoms with Crippen molar-refractivity contribution in [3.05, 3.63) is 47.0 Å². The lowest BCUT2D eigenvalue weighted by Gasteiger charge is -2.34. The van der Waals surface area contributed by atoms with E-state index in [-0.39, 0.29) is 5.91 Å².